The summed E-state index contributed by atoms with van der Waals surface area (Å²) in [6.07, 6.45) is 0. The molecule has 4 N–H and O–H groups in total. The minimum Gasteiger partial charge on any atom is -0.508 e. The van der Waals surface area contributed by atoms with Crippen LogP contribution in [0.15, 0.2) is 24.3 Å². The molecule has 0 saturated heterocycles. The van der Waals surface area contributed by atoms with Crippen molar-refractivity contribution < 1.29 is 15.0 Å². The van der Waals surface area contributed by atoms with E-state index in [1.807, 2.05) is 6.07 Å². The Morgan fingerprint density at radius 1 is 1.53 bits per heavy atom. The highest BCUT2D eigenvalue weighted by Gasteiger charge is 2.32. The molecule has 94 valence electrons. The Hall–Kier alpha value is -1.20. The molecule has 0 heterocycles. The van der Waals surface area contributed by atoms with Crippen LogP contribution in [0.25, 0.3) is 0 Å². The average Bonchev–Trinajstić information content (AvgIpc) is 2.25. The molecule has 0 radical (unpaired) electrons. The van der Waals surface area contributed by atoms with Crippen LogP contribution in [0, 0.1) is 0 Å². The maximum absolute atomic E-state index is 10.8. The smallest absolute Gasteiger partial charge is 0.321 e. The molecule has 0 amide bonds. The van der Waals surface area contributed by atoms with Crippen LogP contribution < -0.4 is 5.73 Å². The van der Waals surface area contributed by atoms with Gasteiger partial charge in [0, 0.05) is 10.5 Å². The highest BCUT2D eigenvalue weighted by molar-refractivity contribution is 7.99. The van der Waals surface area contributed by atoms with E-state index in [-0.39, 0.29) is 5.75 Å². The third-order valence-corrected chi connectivity index (χ3v) is 4.01. The predicted molar refractivity (Wildman–Crippen MR) is 69.1 cm³/mol. The van der Waals surface area contributed by atoms with Gasteiger partial charge in [-0.25, -0.2) is 0 Å². The fourth-order valence-electron chi connectivity index (χ4n) is 1.30. The SMILES string of the molecule is CC(C)(SCc1cccc(O)c1)[C@H](N)C(=O)O. The van der Waals surface area contributed by atoms with E-state index in [0.29, 0.717) is 5.75 Å². The molecular weight excluding hydrogens is 238 g/mol. The Morgan fingerprint density at radius 3 is 2.71 bits per heavy atom. The fourth-order valence-corrected chi connectivity index (χ4v) is 2.30. The van der Waals surface area contributed by atoms with Gasteiger partial charge in [0.2, 0.25) is 0 Å². The second-order valence-electron chi connectivity index (χ2n) is 4.38. The lowest BCUT2D eigenvalue weighted by Crippen LogP contribution is -2.46. The molecule has 0 bridgehead atoms. The Morgan fingerprint density at radius 2 is 2.18 bits per heavy atom. The molecule has 0 aliphatic carbocycles. The zero-order chi connectivity index (χ0) is 13.1. The minimum absolute atomic E-state index is 0.212. The molecule has 1 aromatic rings. The molecule has 0 aromatic heterocycles. The van der Waals surface area contributed by atoms with Crippen LogP contribution in [-0.2, 0) is 10.5 Å². The van der Waals surface area contributed by atoms with Crippen molar-refractivity contribution in [2.75, 3.05) is 0 Å². The lowest BCUT2D eigenvalue weighted by atomic mass is 10.1. The van der Waals surface area contributed by atoms with Crippen LogP contribution in [0.4, 0.5) is 0 Å². The summed E-state index contributed by atoms with van der Waals surface area (Å²) in [5.41, 5.74) is 6.56. The second kappa shape index (κ2) is 5.42. The first-order valence-electron chi connectivity index (χ1n) is 5.23. The van der Waals surface area contributed by atoms with E-state index in [1.165, 1.54) is 11.8 Å². The van der Waals surface area contributed by atoms with Gasteiger partial charge >= 0.3 is 5.97 Å². The lowest BCUT2D eigenvalue weighted by Gasteiger charge is -2.28. The summed E-state index contributed by atoms with van der Waals surface area (Å²) in [7, 11) is 0. The van der Waals surface area contributed by atoms with E-state index in [2.05, 4.69) is 0 Å². The molecule has 4 nitrogen and oxygen atoms in total. The molecule has 0 fully saturated rings. The number of benzene rings is 1. The standard InChI is InChI=1S/C12H17NO3S/c1-12(2,10(13)11(15)16)17-7-8-4-3-5-9(14)6-8/h3-6,10,14H,7,13H2,1-2H3,(H,15,16)/t10-/m1/s1. The van der Waals surface area contributed by atoms with E-state index >= 15 is 0 Å². The number of aromatic hydroxyl groups is 1. The summed E-state index contributed by atoms with van der Waals surface area (Å²) >= 11 is 1.46. The van der Waals surface area contributed by atoms with E-state index in [4.69, 9.17) is 10.8 Å². The largest absolute Gasteiger partial charge is 0.508 e. The molecule has 1 aromatic carbocycles. The lowest BCUT2D eigenvalue weighted by molar-refractivity contribution is -0.139. The van der Waals surface area contributed by atoms with Gasteiger partial charge in [-0.2, -0.15) is 0 Å². The van der Waals surface area contributed by atoms with Gasteiger partial charge in [0.25, 0.3) is 0 Å². The summed E-state index contributed by atoms with van der Waals surface area (Å²) in [5, 5.41) is 18.2. The van der Waals surface area contributed by atoms with Crippen molar-refractivity contribution in [3.05, 3.63) is 29.8 Å². The van der Waals surface area contributed by atoms with Crippen molar-refractivity contribution >= 4 is 17.7 Å². The molecule has 0 saturated carbocycles. The predicted octanol–water partition coefficient (Wildman–Crippen LogP) is 1.82. The van der Waals surface area contributed by atoms with Gasteiger partial charge in [-0.1, -0.05) is 12.1 Å². The number of carbonyl (C=O) groups is 1. The number of phenolic OH excluding ortho intramolecular Hbond substituents is 1. The first kappa shape index (κ1) is 13.9. The quantitative estimate of drug-likeness (QED) is 0.747. The number of carboxylic acid groups (broad SMARTS) is 1. The highest BCUT2D eigenvalue weighted by Crippen LogP contribution is 2.31. The highest BCUT2D eigenvalue weighted by atomic mass is 32.2. The molecule has 5 heteroatoms. The first-order chi connectivity index (χ1) is 7.83. The van der Waals surface area contributed by atoms with Gasteiger partial charge in [0.15, 0.2) is 0 Å². The van der Waals surface area contributed by atoms with Gasteiger partial charge in [-0.3, -0.25) is 4.79 Å². The number of rotatable bonds is 5. The van der Waals surface area contributed by atoms with Gasteiger partial charge in [-0.05, 0) is 31.5 Å². The van der Waals surface area contributed by atoms with Gasteiger partial charge in [-0.15, -0.1) is 11.8 Å². The maximum atomic E-state index is 10.8. The Labute approximate surface area is 105 Å². The number of carboxylic acids is 1. The number of phenols is 1. The van der Waals surface area contributed by atoms with Gasteiger partial charge in [0.1, 0.15) is 11.8 Å². The third-order valence-electron chi connectivity index (χ3n) is 2.54. The van der Waals surface area contributed by atoms with E-state index in [0.717, 1.165) is 5.56 Å². The molecule has 0 aliphatic rings. The topological polar surface area (TPSA) is 83.5 Å². The zero-order valence-electron chi connectivity index (χ0n) is 9.88. The van der Waals surface area contributed by atoms with Crippen LogP contribution in [0.2, 0.25) is 0 Å². The maximum Gasteiger partial charge on any atom is 0.321 e. The summed E-state index contributed by atoms with van der Waals surface area (Å²) < 4.78 is -0.558. The van der Waals surface area contributed by atoms with Crippen molar-refractivity contribution in [1.29, 1.82) is 0 Å². The molecule has 1 atom stereocenters. The number of aliphatic carboxylic acids is 1. The zero-order valence-corrected chi connectivity index (χ0v) is 10.7. The second-order valence-corrected chi connectivity index (χ2v) is 6.01. The van der Waals surface area contributed by atoms with Gasteiger partial charge in [0.05, 0.1) is 0 Å². The first-order valence-corrected chi connectivity index (χ1v) is 6.22. The number of hydrogen-bond donors (Lipinski definition) is 3. The normalized spacial score (nSPS) is 13.4. The Bertz CT molecular complexity index is 406. The van der Waals surface area contributed by atoms with Crippen molar-refractivity contribution in [2.24, 2.45) is 5.73 Å². The minimum atomic E-state index is -1.00. The van der Waals surface area contributed by atoms with Crippen molar-refractivity contribution in [3.8, 4) is 5.75 Å². The summed E-state index contributed by atoms with van der Waals surface area (Å²) in [6, 6.07) is 5.99. The van der Waals surface area contributed by atoms with Crippen LogP contribution in [0.1, 0.15) is 19.4 Å². The van der Waals surface area contributed by atoms with Crippen molar-refractivity contribution in [2.45, 2.75) is 30.4 Å². The molecule has 0 spiro atoms. The van der Waals surface area contributed by atoms with Crippen LogP contribution in [0.5, 0.6) is 5.75 Å². The van der Waals surface area contributed by atoms with Gasteiger partial charge < -0.3 is 15.9 Å². The number of nitrogens with two attached hydrogens (primary N) is 1. The van der Waals surface area contributed by atoms with E-state index in [1.54, 1.807) is 32.0 Å². The molecule has 17 heavy (non-hydrogen) atoms. The van der Waals surface area contributed by atoms with Crippen LogP contribution in [0.3, 0.4) is 0 Å². The number of hydrogen-bond acceptors (Lipinski definition) is 4. The molecule has 0 unspecified atom stereocenters. The van der Waals surface area contributed by atoms with Crippen LogP contribution in [-0.4, -0.2) is 27.0 Å². The van der Waals surface area contributed by atoms with Crippen molar-refractivity contribution in [1.82, 2.24) is 0 Å². The summed E-state index contributed by atoms with van der Waals surface area (Å²) in [4.78, 5) is 10.8. The average molecular weight is 255 g/mol. The number of thioether (sulfide) groups is 1. The monoisotopic (exact) mass is 255 g/mol. The summed E-state index contributed by atoms with van der Waals surface area (Å²) in [6.45, 7) is 3.61. The third kappa shape index (κ3) is 3.94. The van der Waals surface area contributed by atoms with Crippen LogP contribution >= 0.6 is 11.8 Å². The van der Waals surface area contributed by atoms with E-state index < -0.39 is 16.8 Å². The molecular formula is C12H17NO3S. The molecule has 1 rings (SSSR count). The Balaban J connectivity index is 2.64. The summed E-state index contributed by atoms with van der Waals surface area (Å²) in [5.74, 6) is -0.176. The van der Waals surface area contributed by atoms with Crippen molar-refractivity contribution in [3.63, 3.8) is 0 Å². The fraction of sp³-hybridized carbons (Fsp3) is 0.417. The van der Waals surface area contributed by atoms with E-state index in [9.17, 15) is 9.90 Å². The molecule has 0 aliphatic heterocycles. The Kier molecular flexibility index (Phi) is 4.42.